The smallest absolute Gasteiger partial charge is 0.277 e. The van der Waals surface area contributed by atoms with Crippen molar-refractivity contribution < 1.29 is 13.6 Å². The Morgan fingerprint density at radius 3 is 2.18 bits per heavy atom. The Hall–Kier alpha value is -2.25. The van der Waals surface area contributed by atoms with Gasteiger partial charge in [-0.25, -0.2) is 0 Å². The topological polar surface area (TPSA) is 79.5 Å². The fraction of sp³-hybridized carbons (Fsp3) is 0.143. The molecule has 3 aromatic rings. The highest BCUT2D eigenvalue weighted by Gasteiger charge is 2.24. The van der Waals surface area contributed by atoms with Gasteiger partial charge in [0.05, 0.1) is 25.6 Å². The SMILES string of the molecule is O=C(c1s[nH]c(=O)c1Cl)N(Cc1ccco1)Cc1ccco1. The van der Waals surface area contributed by atoms with E-state index in [1.807, 2.05) is 0 Å². The Morgan fingerprint density at radius 2 is 1.77 bits per heavy atom. The van der Waals surface area contributed by atoms with Gasteiger partial charge in [-0.3, -0.25) is 14.0 Å². The molecule has 0 aliphatic carbocycles. The van der Waals surface area contributed by atoms with E-state index in [-0.39, 0.29) is 28.9 Å². The summed E-state index contributed by atoms with van der Waals surface area (Å²) in [6, 6.07) is 7.02. The van der Waals surface area contributed by atoms with Crippen molar-refractivity contribution in [1.82, 2.24) is 9.27 Å². The lowest BCUT2D eigenvalue weighted by Gasteiger charge is -2.19. The number of amides is 1. The van der Waals surface area contributed by atoms with Crippen LogP contribution in [0.15, 0.2) is 50.4 Å². The van der Waals surface area contributed by atoms with Crippen molar-refractivity contribution in [2.45, 2.75) is 13.1 Å². The van der Waals surface area contributed by atoms with Gasteiger partial charge < -0.3 is 13.7 Å². The molecule has 3 heterocycles. The largest absolute Gasteiger partial charge is 0.467 e. The molecule has 1 N–H and O–H groups in total. The number of nitrogens with one attached hydrogen (secondary N) is 1. The van der Waals surface area contributed by atoms with Crippen LogP contribution in [0.3, 0.4) is 0 Å². The summed E-state index contributed by atoms with van der Waals surface area (Å²) in [5, 5.41) is -0.0983. The second kappa shape index (κ2) is 6.25. The van der Waals surface area contributed by atoms with Gasteiger partial charge in [-0.05, 0) is 24.3 Å². The van der Waals surface area contributed by atoms with E-state index in [1.54, 1.807) is 24.3 Å². The Kier molecular flexibility index (Phi) is 4.17. The standard InChI is InChI=1S/C14H11ClN2O4S/c15-11-12(22-16-13(11)18)14(19)17(7-9-3-1-5-20-9)8-10-4-2-6-21-10/h1-6H,7-8H2,(H,16,18). The van der Waals surface area contributed by atoms with Crippen LogP contribution in [0.25, 0.3) is 0 Å². The summed E-state index contributed by atoms with van der Waals surface area (Å²) >= 11 is 6.80. The van der Waals surface area contributed by atoms with E-state index >= 15 is 0 Å². The molecule has 22 heavy (non-hydrogen) atoms. The number of halogens is 1. The molecule has 0 unspecified atom stereocenters. The van der Waals surface area contributed by atoms with E-state index in [2.05, 4.69) is 4.37 Å². The van der Waals surface area contributed by atoms with Crippen molar-refractivity contribution in [2.24, 2.45) is 0 Å². The van der Waals surface area contributed by atoms with Gasteiger partial charge in [0.2, 0.25) is 0 Å². The predicted molar refractivity (Wildman–Crippen MR) is 80.9 cm³/mol. The summed E-state index contributed by atoms with van der Waals surface area (Å²) in [4.78, 5) is 25.7. The molecule has 0 aliphatic rings. The molecule has 0 bridgehead atoms. The maximum Gasteiger partial charge on any atom is 0.277 e. The maximum atomic E-state index is 12.6. The van der Waals surface area contributed by atoms with Gasteiger partial charge in [-0.15, -0.1) is 0 Å². The summed E-state index contributed by atoms with van der Waals surface area (Å²) in [6.07, 6.45) is 3.07. The van der Waals surface area contributed by atoms with Crippen LogP contribution in [0.4, 0.5) is 0 Å². The molecule has 0 aliphatic heterocycles. The van der Waals surface area contributed by atoms with Crippen LogP contribution in [0, 0.1) is 0 Å². The Balaban J connectivity index is 1.88. The van der Waals surface area contributed by atoms with E-state index in [4.69, 9.17) is 20.4 Å². The first-order chi connectivity index (χ1) is 10.6. The zero-order valence-electron chi connectivity index (χ0n) is 11.2. The van der Waals surface area contributed by atoms with Gasteiger partial charge in [0, 0.05) is 0 Å². The van der Waals surface area contributed by atoms with Gasteiger partial charge in [-0.1, -0.05) is 23.1 Å². The second-order valence-electron chi connectivity index (χ2n) is 4.50. The van der Waals surface area contributed by atoms with Gasteiger partial charge in [0.1, 0.15) is 21.4 Å². The number of hydrogen-bond acceptors (Lipinski definition) is 5. The molecule has 3 rings (SSSR count). The minimum atomic E-state index is -0.467. The Morgan fingerprint density at radius 1 is 1.18 bits per heavy atom. The van der Waals surface area contributed by atoms with Crippen molar-refractivity contribution in [1.29, 1.82) is 0 Å². The van der Waals surface area contributed by atoms with Crippen molar-refractivity contribution in [3.05, 3.63) is 68.6 Å². The summed E-state index contributed by atoms with van der Waals surface area (Å²) in [5.41, 5.74) is -0.467. The average molecular weight is 339 g/mol. The number of aromatic nitrogens is 1. The predicted octanol–water partition coefficient (Wildman–Crippen LogP) is 3.12. The van der Waals surface area contributed by atoms with Gasteiger partial charge in [0.25, 0.3) is 11.5 Å². The van der Waals surface area contributed by atoms with E-state index in [1.165, 1.54) is 17.4 Å². The van der Waals surface area contributed by atoms with Crippen molar-refractivity contribution in [2.75, 3.05) is 0 Å². The lowest BCUT2D eigenvalue weighted by molar-refractivity contribution is 0.0710. The first kappa shape index (κ1) is 14.7. The number of nitrogens with zero attached hydrogens (tertiary/aromatic N) is 1. The third-order valence-electron chi connectivity index (χ3n) is 2.98. The second-order valence-corrected chi connectivity index (χ2v) is 5.69. The van der Waals surface area contributed by atoms with Crippen LogP contribution < -0.4 is 5.56 Å². The number of carbonyl (C=O) groups is 1. The zero-order chi connectivity index (χ0) is 15.5. The average Bonchev–Trinajstić information content (AvgIpc) is 3.23. The number of rotatable bonds is 5. The number of H-pyrrole nitrogens is 1. The summed E-state index contributed by atoms with van der Waals surface area (Å²) in [7, 11) is 0. The first-order valence-corrected chi connectivity index (χ1v) is 7.55. The van der Waals surface area contributed by atoms with Crippen molar-refractivity contribution in [3.63, 3.8) is 0 Å². The fourth-order valence-corrected chi connectivity index (χ4v) is 2.95. The lowest BCUT2D eigenvalue weighted by atomic mass is 10.3. The molecule has 0 aromatic carbocycles. The highest BCUT2D eigenvalue weighted by Crippen LogP contribution is 2.20. The van der Waals surface area contributed by atoms with E-state index in [9.17, 15) is 9.59 Å². The molecule has 3 aromatic heterocycles. The molecule has 0 spiro atoms. The van der Waals surface area contributed by atoms with Crippen LogP contribution in [0.1, 0.15) is 21.2 Å². The normalized spacial score (nSPS) is 10.8. The minimum absolute atomic E-state index is 0.0983. The van der Waals surface area contributed by atoms with E-state index in [0.717, 1.165) is 11.5 Å². The molecule has 0 radical (unpaired) electrons. The quantitative estimate of drug-likeness (QED) is 0.775. The monoisotopic (exact) mass is 338 g/mol. The number of aromatic amines is 1. The highest BCUT2D eigenvalue weighted by molar-refractivity contribution is 7.08. The number of carbonyl (C=O) groups excluding carboxylic acids is 1. The third kappa shape index (κ3) is 3.00. The Bertz CT molecular complexity index is 768. The summed E-state index contributed by atoms with van der Waals surface area (Å²) in [5.74, 6) is 0.888. The summed E-state index contributed by atoms with van der Waals surface area (Å²) in [6.45, 7) is 0.490. The van der Waals surface area contributed by atoms with E-state index in [0.29, 0.717) is 11.5 Å². The zero-order valence-corrected chi connectivity index (χ0v) is 12.8. The van der Waals surface area contributed by atoms with Crippen LogP contribution in [-0.4, -0.2) is 15.2 Å². The number of hydrogen-bond donors (Lipinski definition) is 1. The summed E-state index contributed by atoms with van der Waals surface area (Å²) < 4.78 is 13.0. The third-order valence-corrected chi connectivity index (χ3v) is 4.32. The minimum Gasteiger partial charge on any atom is -0.467 e. The molecule has 6 nitrogen and oxygen atoms in total. The molecular formula is C14H11ClN2O4S. The highest BCUT2D eigenvalue weighted by atomic mass is 35.5. The van der Waals surface area contributed by atoms with Crippen molar-refractivity contribution in [3.8, 4) is 0 Å². The molecule has 1 amide bonds. The molecule has 0 atom stereocenters. The fourth-order valence-electron chi connectivity index (χ4n) is 1.95. The molecule has 0 saturated carbocycles. The molecule has 0 fully saturated rings. The molecule has 114 valence electrons. The van der Waals surface area contributed by atoms with Crippen molar-refractivity contribution >= 4 is 29.0 Å². The van der Waals surface area contributed by atoms with E-state index < -0.39 is 5.56 Å². The van der Waals surface area contributed by atoms with Crippen LogP contribution in [0.2, 0.25) is 5.02 Å². The van der Waals surface area contributed by atoms with Crippen LogP contribution in [0.5, 0.6) is 0 Å². The molecule has 8 heteroatoms. The van der Waals surface area contributed by atoms with Gasteiger partial charge >= 0.3 is 0 Å². The molecular weight excluding hydrogens is 328 g/mol. The first-order valence-electron chi connectivity index (χ1n) is 6.36. The lowest BCUT2D eigenvalue weighted by Crippen LogP contribution is -2.29. The number of furan rings is 2. The molecule has 0 saturated heterocycles. The van der Waals surface area contributed by atoms with Crippen LogP contribution in [-0.2, 0) is 13.1 Å². The van der Waals surface area contributed by atoms with Gasteiger partial charge in [0.15, 0.2) is 0 Å². The maximum absolute atomic E-state index is 12.6. The van der Waals surface area contributed by atoms with Gasteiger partial charge in [-0.2, -0.15) is 0 Å². The van der Waals surface area contributed by atoms with Crippen LogP contribution >= 0.6 is 23.1 Å². The Labute approximate surface area is 134 Å².